The average molecular weight is 202 g/mol. The number of aliphatic carboxylic acids is 1. The summed E-state index contributed by atoms with van der Waals surface area (Å²) >= 11 is 0. The predicted molar refractivity (Wildman–Crippen MR) is 53.1 cm³/mol. The Morgan fingerprint density at radius 1 is 1.29 bits per heavy atom. The smallest absolute Gasteiger partial charge is 0.317 e. The van der Waals surface area contributed by atoms with Gasteiger partial charge in [0.2, 0.25) is 5.91 Å². The maximum absolute atomic E-state index is 11.2. The molecule has 1 N–H and O–H groups in total. The summed E-state index contributed by atoms with van der Waals surface area (Å²) < 4.78 is 0. The zero-order chi connectivity index (χ0) is 11.1. The minimum absolute atomic E-state index is 0.00277. The third-order valence-electron chi connectivity index (χ3n) is 1.95. The number of carboxylic acid groups (broad SMARTS) is 1. The molecule has 0 aliphatic heterocycles. The number of carboxylic acids is 1. The number of nitrogens with zero attached hydrogens (tertiary/aromatic N) is 2. The Balaban J connectivity index is 3.83. The minimum atomic E-state index is -0.857. The van der Waals surface area contributed by atoms with Crippen LogP contribution in [0.25, 0.3) is 0 Å². The van der Waals surface area contributed by atoms with Gasteiger partial charge in [-0.2, -0.15) is 0 Å². The molecule has 0 aromatic rings. The van der Waals surface area contributed by atoms with Crippen LogP contribution in [0.2, 0.25) is 0 Å². The molecule has 0 radical (unpaired) electrons. The van der Waals surface area contributed by atoms with Crippen LogP contribution in [0.5, 0.6) is 0 Å². The standard InChI is InChI=1S/C9H18N2O3/c1-4-11(7-9(13)14)6-5-8(12)10(2)3/h4-7H2,1-3H3,(H,13,14). The van der Waals surface area contributed by atoms with E-state index >= 15 is 0 Å². The molecule has 0 heterocycles. The van der Waals surface area contributed by atoms with E-state index in [0.717, 1.165) is 0 Å². The van der Waals surface area contributed by atoms with E-state index < -0.39 is 5.97 Å². The van der Waals surface area contributed by atoms with Gasteiger partial charge in [0.1, 0.15) is 0 Å². The van der Waals surface area contributed by atoms with Gasteiger partial charge in [0.05, 0.1) is 6.54 Å². The van der Waals surface area contributed by atoms with Crippen LogP contribution in [0.4, 0.5) is 0 Å². The minimum Gasteiger partial charge on any atom is -0.480 e. The van der Waals surface area contributed by atoms with Crippen molar-refractivity contribution in [2.24, 2.45) is 0 Å². The molecule has 0 fully saturated rings. The molecule has 0 bridgehead atoms. The highest BCUT2D eigenvalue weighted by Gasteiger charge is 2.10. The Morgan fingerprint density at radius 3 is 2.21 bits per heavy atom. The Kier molecular flexibility index (Phi) is 5.87. The summed E-state index contributed by atoms with van der Waals surface area (Å²) in [5.74, 6) is -0.835. The van der Waals surface area contributed by atoms with Crippen molar-refractivity contribution in [2.75, 3.05) is 33.7 Å². The summed E-state index contributed by atoms with van der Waals surface area (Å²) in [5.41, 5.74) is 0. The van der Waals surface area contributed by atoms with Gasteiger partial charge in [0, 0.05) is 27.1 Å². The van der Waals surface area contributed by atoms with E-state index in [1.165, 1.54) is 4.90 Å². The van der Waals surface area contributed by atoms with Crippen LogP contribution in [0.15, 0.2) is 0 Å². The van der Waals surface area contributed by atoms with E-state index in [9.17, 15) is 9.59 Å². The zero-order valence-electron chi connectivity index (χ0n) is 8.99. The van der Waals surface area contributed by atoms with Crippen LogP contribution in [0, 0.1) is 0 Å². The topological polar surface area (TPSA) is 60.9 Å². The first-order valence-electron chi connectivity index (χ1n) is 4.61. The summed E-state index contributed by atoms with van der Waals surface area (Å²) in [5, 5.41) is 8.55. The molecule has 1 amide bonds. The SMILES string of the molecule is CCN(CCC(=O)N(C)C)CC(=O)O. The monoisotopic (exact) mass is 202 g/mol. The van der Waals surface area contributed by atoms with Gasteiger partial charge in [-0.05, 0) is 6.54 Å². The summed E-state index contributed by atoms with van der Waals surface area (Å²) in [7, 11) is 3.38. The number of likely N-dealkylation sites (N-methyl/N-ethyl adjacent to an activating group) is 1. The van der Waals surface area contributed by atoms with Crippen LogP contribution in [-0.4, -0.2) is 60.5 Å². The molecule has 0 rings (SSSR count). The van der Waals surface area contributed by atoms with Crippen LogP contribution < -0.4 is 0 Å². The van der Waals surface area contributed by atoms with E-state index in [1.807, 2.05) is 6.92 Å². The molecule has 0 aliphatic carbocycles. The summed E-state index contributed by atoms with van der Waals surface area (Å²) in [6.45, 7) is 3.02. The Bertz CT molecular complexity index is 204. The lowest BCUT2D eigenvalue weighted by atomic mass is 10.3. The van der Waals surface area contributed by atoms with E-state index in [1.54, 1.807) is 19.0 Å². The number of amides is 1. The first kappa shape index (κ1) is 12.9. The molecule has 14 heavy (non-hydrogen) atoms. The Hall–Kier alpha value is -1.10. The summed E-state index contributed by atoms with van der Waals surface area (Å²) in [6, 6.07) is 0. The van der Waals surface area contributed by atoms with Gasteiger partial charge in [-0.3, -0.25) is 14.5 Å². The molecule has 82 valence electrons. The predicted octanol–water partition coefficient (Wildman–Crippen LogP) is -0.129. The molecule has 5 nitrogen and oxygen atoms in total. The van der Waals surface area contributed by atoms with Crippen LogP contribution in [0.1, 0.15) is 13.3 Å². The Morgan fingerprint density at radius 2 is 1.86 bits per heavy atom. The van der Waals surface area contributed by atoms with Crippen molar-refractivity contribution in [3.05, 3.63) is 0 Å². The second-order valence-corrected chi connectivity index (χ2v) is 3.30. The number of carbonyl (C=O) groups excluding carboxylic acids is 1. The zero-order valence-corrected chi connectivity index (χ0v) is 8.99. The number of carbonyl (C=O) groups is 2. The van der Waals surface area contributed by atoms with Gasteiger partial charge in [-0.1, -0.05) is 6.92 Å². The fraction of sp³-hybridized carbons (Fsp3) is 0.778. The summed E-state index contributed by atoms with van der Waals surface area (Å²) in [4.78, 5) is 24.8. The number of hydrogen-bond donors (Lipinski definition) is 1. The molecular weight excluding hydrogens is 184 g/mol. The largest absolute Gasteiger partial charge is 0.480 e. The van der Waals surface area contributed by atoms with Crippen molar-refractivity contribution in [1.82, 2.24) is 9.80 Å². The maximum Gasteiger partial charge on any atom is 0.317 e. The van der Waals surface area contributed by atoms with E-state index in [0.29, 0.717) is 19.5 Å². The molecule has 5 heteroatoms. The number of hydrogen-bond acceptors (Lipinski definition) is 3. The molecule has 0 saturated heterocycles. The van der Waals surface area contributed by atoms with Crippen LogP contribution >= 0.6 is 0 Å². The second kappa shape index (κ2) is 6.37. The second-order valence-electron chi connectivity index (χ2n) is 3.30. The van der Waals surface area contributed by atoms with Gasteiger partial charge in [0.25, 0.3) is 0 Å². The highest BCUT2D eigenvalue weighted by Crippen LogP contribution is 1.93. The molecule has 0 atom stereocenters. The first-order valence-corrected chi connectivity index (χ1v) is 4.61. The van der Waals surface area contributed by atoms with Crippen molar-refractivity contribution < 1.29 is 14.7 Å². The molecular formula is C9H18N2O3. The van der Waals surface area contributed by atoms with Crippen LogP contribution in [0.3, 0.4) is 0 Å². The van der Waals surface area contributed by atoms with E-state index in [4.69, 9.17) is 5.11 Å². The molecule has 0 aromatic carbocycles. The van der Waals surface area contributed by atoms with Gasteiger partial charge in [-0.15, -0.1) is 0 Å². The third kappa shape index (κ3) is 5.53. The van der Waals surface area contributed by atoms with Crippen molar-refractivity contribution >= 4 is 11.9 Å². The van der Waals surface area contributed by atoms with Gasteiger partial charge in [0.15, 0.2) is 0 Å². The maximum atomic E-state index is 11.2. The lowest BCUT2D eigenvalue weighted by Crippen LogP contribution is -2.33. The van der Waals surface area contributed by atoms with E-state index in [2.05, 4.69) is 0 Å². The fourth-order valence-corrected chi connectivity index (χ4v) is 1.02. The fourth-order valence-electron chi connectivity index (χ4n) is 1.02. The molecule has 0 saturated carbocycles. The van der Waals surface area contributed by atoms with Gasteiger partial charge >= 0.3 is 5.97 Å². The van der Waals surface area contributed by atoms with Crippen molar-refractivity contribution in [3.8, 4) is 0 Å². The van der Waals surface area contributed by atoms with Gasteiger partial charge < -0.3 is 10.0 Å². The highest BCUT2D eigenvalue weighted by atomic mass is 16.4. The normalized spacial score (nSPS) is 10.3. The van der Waals surface area contributed by atoms with E-state index in [-0.39, 0.29) is 12.5 Å². The highest BCUT2D eigenvalue weighted by molar-refractivity contribution is 5.75. The quantitative estimate of drug-likeness (QED) is 0.652. The molecule has 0 spiro atoms. The van der Waals surface area contributed by atoms with Gasteiger partial charge in [-0.25, -0.2) is 0 Å². The molecule has 0 unspecified atom stereocenters. The number of rotatable bonds is 6. The summed E-state index contributed by atoms with van der Waals surface area (Å²) in [6.07, 6.45) is 0.369. The first-order chi connectivity index (χ1) is 6.47. The molecule has 0 aliphatic rings. The lowest BCUT2D eigenvalue weighted by Gasteiger charge is -2.18. The van der Waals surface area contributed by atoms with Crippen molar-refractivity contribution in [2.45, 2.75) is 13.3 Å². The van der Waals surface area contributed by atoms with Crippen molar-refractivity contribution in [3.63, 3.8) is 0 Å². The third-order valence-corrected chi connectivity index (χ3v) is 1.95. The Labute approximate surface area is 84.3 Å². The van der Waals surface area contributed by atoms with Crippen molar-refractivity contribution in [1.29, 1.82) is 0 Å². The van der Waals surface area contributed by atoms with Crippen LogP contribution in [-0.2, 0) is 9.59 Å². The lowest BCUT2D eigenvalue weighted by molar-refractivity contribution is -0.139. The average Bonchev–Trinajstić information content (AvgIpc) is 2.10. The molecule has 0 aromatic heterocycles.